The third kappa shape index (κ3) is 7.10. The molecule has 168 valence electrons. The topological polar surface area (TPSA) is 69.7 Å². The van der Waals surface area contributed by atoms with Crippen LogP contribution in [0.3, 0.4) is 0 Å². The first-order valence-corrected chi connectivity index (χ1v) is 12.8. The Morgan fingerprint density at radius 2 is 1.77 bits per heavy atom. The van der Waals surface area contributed by atoms with Crippen molar-refractivity contribution in [3.8, 4) is 0 Å². The van der Waals surface area contributed by atoms with E-state index in [9.17, 15) is 13.2 Å². The van der Waals surface area contributed by atoms with Gasteiger partial charge in [0.15, 0.2) is 0 Å². The number of benzene rings is 2. The minimum absolute atomic E-state index is 0.176. The maximum atomic E-state index is 12.5. The van der Waals surface area contributed by atoms with Crippen LogP contribution in [-0.4, -0.2) is 45.1 Å². The minimum atomic E-state index is -3.73. The fourth-order valence-electron chi connectivity index (χ4n) is 3.66. The van der Waals surface area contributed by atoms with Crippen LogP contribution >= 0.6 is 23.2 Å². The largest absolute Gasteiger partial charge is 0.350 e. The van der Waals surface area contributed by atoms with Gasteiger partial charge >= 0.3 is 0 Å². The fourth-order valence-corrected chi connectivity index (χ4v) is 4.95. The van der Waals surface area contributed by atoms with Gasteiger partial charge in [-0.1, -0.05) is 53.9 Å². The number of likely N-dealkylation sites (tertiary alicyclic amines) is 1. The van der Waals surface area contributed by atoms with Crippen LogP contribution in [0.25, 0.3) is 0 Å². The number of carbonyl (C=O) groups is 1. The molecule has 9 heteroatoms. The first-order valence-electron chi connectivity index (χ1n) is 10.2. The van der Waals surface area contributed by atoms with Crippen molar-refractivity contribution in [3.05, 3.63) is 63.6 Å². The molecule has 3 rings (SSSR count). The van der Waals surface area contributed by atoms with Crippen molar-refractivity contribution in [2.24, 2.45) is 0 Å². The molecule has 0 unspecified atom stereocenters. The van der Waals surface area contributed by atoms with E-state index in [-0.39, 0.29) is 17.3 Å². The normalized spacial score (nSPS) is 14.9. The maximum Gasteiger partial charge on any atom is 0.241 e. The second-order valence-corrected chi connectivity index (χ2v) is 10.5. The Morgan fingerprint density at radius 3 is 2.48 bits per heavy atom. The number of hydrogen-bond donors (Lipinski definition) is 1. The summed E-state index contributed by atoms with van der Waals surface area (Å²) < 4.78 is 25.5. The van der Waals surface area contributed by atoms with Gasteiger partial charge in [-0.05, 0) is 55.3 Å². The summed E-state index contributed by atoms with van der Waals surface area (Å²) in [5.41, 5.74) is 2.35. The third-order valence-corrected chi connectivity index (χ3v) is 6.88. The van der Waals surface area contributed by atoms with Crippen molar-refractivity contribution >= 4 is 44.8 Å². The van der Waals surface area contributed by atoms with E-state index in [2.05, 4.69) is 22.3 Å². The molecule has 1 saturated heterocycles. The van der Waals surface area contributed by atoms with Crippen molar-refractivity contribution in [1.29, 1.82) is 0 Å². The molecule has 1 fully saturated rings. The first-order chi connectivity index (χ1) is 14.7. The fraction of sp³-hybridized carbons (Fsp3) is 0.409. The molecule has 0 atom stereocenters. The summed E-state index contributed by atoms with van der Waals surface area (Å²) in [6, 6.07) is 12.6. The number of nitrogens with zero attached hydrogens (tertiary/aromatic N) is 2. The highest BCUT2D eigenvalue weighted by Gasteiger charge is 2.23. The van der Waals surface area contributed by atoms with Crippen LogP contribution in [0.15, 0.2) is 42.5 Å². The molecule has 31 heavy (non-hydrogen) atoms. The average Bonchev–Trinajstić information content (AvgIpc) is 2.73. The van der Waals surface area contributed by atoms with Crippen LogP contribution in [0.4, 0.5) is 5.69 Å². The highest BCUT2D eigenvalue weighted by molar-refractivity contribution is 7.92. The molecular weight excluding hydrogens is 457 g/mol. The molecule has 1 aliphatic rings. The number of hydrogen-bond acceptors (Lipinski definition) is 4. The quantitative estimate of drug-likeness (QED) is 0.614. The molecule has 1 N–H and O–H groups in total. The standard InChI is InChI=1S/C22H27Cl2N3O3S/c1-31(29,30)27(21-13-19(23)8-9-20(21)24)16-22(28)25-14-17-6-5-7-18(12-17)15-26-10-3-2-4-11-26/h5-9,12-13H,2-4,10-11,14-16H2,1H3,(H,25,28). The van der Waals surface area contributed by atoms with E-state index in [1.165, 1.54) is 37.0 Å². The number of halogens is 2. The van der Waals surface area contributed by atoms with Gasteiger partial charge in [-0.3, -0.25) is 14.0 Å². The maximum absolute atomic E-state index is 12.5. The second kappa shape index (κ2) is 10.7. The van der Waals surface area contributed by atoms with Gasteiger partial charge in [-0.15, -0.1) is 0 Å². The third-order valence-electron chi connectivity index (χ3n) is 5.20. The van der Waals surface area contributed by atoms with E-state index in [1.807, 2.05) is 12.1 Å². The van der Waals surface area contributed by atoms with E-state index in [4.69, 9.17) is 23.2 Å². The number of sulfonamides is 1. The van der Waals surface area contributed by atoms with E-state index < -0.39 is 15.9 Å². The Labute approximate surface area is 194 Å². The van der Waals surface area contributed by atoms with Crippen LogP contribution in [0.1, 0.15) is 30.4 Å². The molecule has 1 aliphatic heterocycles. The summed E-state index contributed by atoms with van der Waals surface area (Å²) in [6.07, 6.45) is 4.81. The molecule has 0 spiro atoms. The number of piperidine rings is 1. The second-order valence-electron chi connectivity index (χ2n) is 7.80. The summed E-state index contributed by atoms with van der Waals surface area (Å²) in [6.45, 7) is 3.07. The lowest BCUT2D eigenvalue weighted by Crippen LogP contribution is -2.40. The Hall–Kier alpha value is -1.80. The number of amides is 1. The lowest BCUT2D eigenvalue weighted by atomic mass is 10.1. The van der Waals surface area contributed by atoms with Crippen LogP contribution in [0.5, 0.6) is 0 Å². The molecule has 6 nitrogen and oxygen atoms in total. The Bertz CT molecular complexity index is 1020. The monoisotopic (exact) mass is 483 g/mol. The van der Waals surface area contributed by atoms with Gasteiger partial charge < -0.3 is 5.32 Å². The van der Waals surface area contributed by atoms with Crippen LogP contribution < -0.4 is 9.62 Å². The van der Waals surface area contributed by atoms with Gasteiger partial charge in [0, 0.05) is 18.1 Å². The molecule has 1 heterocycles. The van der Waals surface area contributed by atoms with Gasteiger partial charge in [0.25, 0.3) is 0 Å². The SMILES string of the molecule is CS(=O)(=O)N(CC(=O)NCc1cccc(CN2CCCCC2)c1)c1cc(Cl)ccc1Cl. The molecule has 2 aromatic carbocycles. The Morgan fingerprint density at radius 1 is 1.06 bits per heavy atom. The molecule has 0 bridgehead atoms. The van der Waals surface area contributed by atoms with Gasteiger partial charge in [0.1, 0.15) is 6.54 Å². The van der Waals surface area contributed by atoms with E-state index in [1.54, 1.807) is 6.07 Å². The van der Waals surface area contributed by atoms with Crippen molar-refractivity contribution in [2.75, 3.05) is 30.2 Å². The van der Waals surface area contributed by atoms with Crippen LogP contribution in [-0.2, 0) is 27.9 Å². The zero-order valence-corrected chi connectivity index (χ0v) is 19.8. The molecule has 2 aromatic rings. The lowest BCUT2D eigenvalue weighted by Gasteiger charge is -2.26. The van der Waals surface area contributed by atoms with Crippen molar-refractivity contribution in [1.82, 2.24) is 10.2 Å². The summed E-state index contributed by atoms with van der Waals surface area (Å²) in [5.74, 6) is -0.428. The zero-order chi connectivity index (χ0) is 22.4. The smallest absolute Gasteiger partial charge is 0.241 e. The average molecular weight is 484 g/mol. The Kier molecular flexibility index (Phi) is 8.22. The van der Waals surface area contributed by atoms with Gasteiger partial charge in [0.2, 0.25) is 15.9 Å². The highest BCUT2D eigenvalue weighted by Crippen LogP contribution is 2.30. The lowest BCUT2D eigenvalue weighted by molar-refractivity contribution is -0.119. The number of rotatable bonds is 8. The summed E-state index contributed by atoms with van der Waals surface area (Å²) in [7, 11) is -3.73. The van der Waals surface area contributed by atoms with Gasteiger partial charge in [0.05, 0.1) is 17.0 Å². The van der Waals surface area contributed by atoms with Crippen molar-refractivity contribution in [2.45, 2.75) is 32.4 Å². The van der Waals surface area contributed by atoms with Gasteiger partial charge in [-0.2, -0.15) is 0 Å². The van der Waals surface area contributed by atoms with E-state index in [0.29, 0.717) is 11.6 Å². The Balaban J connectivity index is 1.63. The van der Waals surface area contributed by atoms with Gasteiger partial charge in [-0.25, -0.2) is 8.42 Å². The number of carbonyl (C=O) groups excluding carboxylic acids is 1. The van der Waals surface area contributed by atoms with Crippen molar-refractivity contribution in [3.63, 3.8) is 0 Å². The zero-order valence-electron chi connectivity index (χ0n) is 17.5. The first kappa shape index (κ1) is 23.9. The predicted molar refractivity (Wildman–Crippen MR) is 126 cm³/mol. The van der Waals surface area contributed by atoms with Crippen LogP contribution in [0.2, 0.25) is 10.0 Å². The van der Waals surface area contributed by atoms with Crippen LogP contribution in [0, 0.1) is 0 Å². The summed E-state index contributed by atoms with van der Waals surface area (Å²) in [5, 5.41) is 3.34. The molecule has 0 saturated carbocycles. The van der Waals surface area contributed by atoms with E-state index >= 15 is 0 Å². The van der Waals surface area contributed by atoms with E-state index in [0.717, 1.165) is 35.8 Å². The molecule has 0 radical (unpaired) electrons. The molecule has 0 aliphatic carbocycles. The summed E-state index contributed by atoms with van der Waals surface area (Å²) >= 11 is 12.1. The number of anilines is 1. The highest BCUT2D eigenvalue weighted by atomic mass is 35.5. The molecule has 0 aromatic heterocycles. The summed E-state index contributed by atoms with van der Waals surface area (Å²) in [4.78, 5) is 15.0. The molecular formula is C22H27Cl2N3O3S. The number of nitrogens with one attached hydrogen (secondary N) is 1. The predicted octanol–water partition coefficient (Wildman–Crippen LogP) is 4.06. The molecule has 1 amide bonds. The van der Waals surface area contributed by atoms with Crippen molar-refractivity contribution < 1.29 is 13.2 Å². The minimum Gasteiger partial charge on any atom is -0.350 e.